The van der Waals surface area contributed by atoms with Crippen molar-refractivity contribution in [2.24, 2.45) is 10.7 Å². The van der Waals surface area contributed by atoms with Crippen LogP contribution < -0.4 is 21.1 Å². The number of hydrogen-bond acceptors (Lipinski definition) is 5. The summed E-state index contributed by atoms with van der Waals surface area (Å²) in [4.78, 5) is 6.69. The van der Waals surface area contributed by atoms with Crippen molar-refractivity contribution in [1.82, 2.24) is 5.43 Å². The Bertz CT molecular complexity index is 747. The quantitative estimate of drug-likeness (QED) is 0.850. The molecule has 3 N–H and O–H groups in total. The number of rotatable bonds is 4. The fourth-order valence-corrected chi connectivity index (χ4v) is 2.64. The lowest BCUT2D eigenvalue weighted by atomic mass is 10.2. The largest absolute Gasteiger partial charge is 0.378 e. The first kappa shape index (κ1) is 16.1. The van der Waals surface area contributed by atoms with Gasteiger partial charge in [0.1, 0.15) is 6.17 Å². The molecule has 2 aromatic rings. The number of hydrogen-bond donors (Lipinski definition) is 2. The highest BCUT2D eigenvalue weighted by Gasteiger charge is 2.27. The number of aliphatic imine (C=N–C) groups is 1. The molecule has 0 saturated heterocycles. The lowest BCUT2D eigenvalue weighted by Gasteiger charge is -2.24. The molecule has 124 valence electrons. The van der Waals surface area contributed by atoms with Crippen LogP contribution in [0.25, 0.3) is 0 Å². The summed E-state index contributed by atoms with van der Waals surface area (Å²) in [6.07, 6.45) is 1.54. The van der Waals surface area contributed by atoms with Crippen LogP contribution in [-0.2, 0) is 0 Å². The third-order valence-electron chi connectivity index (χ3n) is 4.03. The van der Waals surface area contributed by atoms with Crippen molar-refractivity contribution in [1.29, 1.82) is 0 Å². The summed E-state index contributed by atoms with van der Waals surface area (Å²) in [5.74, 6) is 0. The first-order valence-electron chi connectivity index (χ1n) is 7.95. The lowest BCUT2D eigenvalue weighted by molar-refractivity contribution is 0.678. The van der Waals surface area contributed by atoms with Crippen LogP contribution >= 0.6 is 0 Å². The first-order chi connectivity index (χ1) is 11.6. The summed E-state index contributed by atoms with van der Waals surface area (Å²) in [6, 6.07) is 18.3. The number of nitrogens with two attached hydrogens (primary N) is 1. The van der Waals surface area contributed by atoms with Crippen LogP contribution in [0.15, 0.2) is 71.0 Å². The van der Waals surface area contributed by atoms with Crippen LogP contribution in [0.5, 0.6) is 0 Å². The van der Waals surface area contributed by atoms with E-state index in [9.17, 15) is 0 Å². The Labute approximate surface area is 143 Å². The van der Waals surface area contributed by atoms with Gasteiger partial charge in [-0.15, -0.1) is 0 Å². The van der Waals surface area contributed by atoms with Crippen molar-refractivity contribution in [2.75, 3.05) is 24.0 Å². The van der Waals surface area contributed by atoms with E-state index < -0.39 is 0 Å². The third-order valence-corrected chi connectivity index (χ3v) is 4.03. The molecule has 1 aliphatic rings. The summed E-state index contributed by atoms with van der Waals surface area (Å²) in [7, 11) is 4.05. The third kappa shape index (κ3) is 3.26. The monoisotopic (exact) mass is 321 g/mol. The maximum atomic E-state index is 6.36. The molecular formula is C19H23N5. The van der Waals surface area contributed by atoms with Crippen LogP contribution in [0.2, 0.25) is 0 Å². The van der Waals surface area contributed by atoms with Gasteiger partial charge in [0.2, 0.25) is 0 Å². The second-order valence-electron chi connectivity index (χ2n) is 6.02. The Kier molecular flexibility index (Phi) is 4.53. The zero-order valence-electron chi connectivity index (χ0n) is 14.3. The van der Waals surface area contributed by atoms with Crippen molar-refractivity contribution in [3.63, 3.8) is 0 Å². The van der Waals surface area contributed by atoms with Gasteiger partial charge in [-0.3, -0.25) is 15.4 Å². The molecule has 0 radical (unpaired) electrons. The summed E-state index contributed by atoms with van der Waals surface area (Å²) in [5.41, 5.74) is 14.7. The molecule has 0 bridgehead atoms. The molecule has 5 nitrogen and oxygen atoms in total. The zero-order valence-corrected chi connectivity index (χ0v) is 14.3. The molecule has 0 amide bonds. The highest BCUT2D eigenvalue weighted by atomic mass is 15.6. The molecule has 3 rings (SSSR count). The van der Waals surface area contributed by atoms with Crippen molar-refractivity contribution in [3.8, 4) is 0 Å². The first-order valence-corrected chi connectivity index (χ1v) is 7.95. The summed E-state index contributed by atoms with van der Waals surface area (Å²) in [5, 5.41) is 1.93. The average Bonchev–Trinajstić information content (AvgIpc) is 2.88. The smallest absolute Gasteiger partial charge is 0.142 e. The molecule has 0 saturated carbocycles. The molecule has 1 atom stereocenters. The fraction of sp³-hybridized carbons (Fsp3) is 0.211. The van der Waals surface area contributed by atoms with Crippen LogP contribution in [0, 0.1) is 0 Å². The maximum Gasteiger partial charge on any atom is 0.142 e. The molecule has 0 aliphatic carbocycles. The van der Waals surface area contributed by atoms with E-state index in [-0.39, 0.29) is 6.17 Å². The Morgan fingerprint density at radius 1 is 1.08 bits per heavy atom. The number of nitrogens with zero attached hydrogens (tertiary/aromatic N) is 3. The zero-order chi connectivity index (χ0) is 17.1. The number of hydrazine groups is 1. The maximum absolute atomic E-state index is 6.36. The highest BCUT2D eigenvalue weighted by Crippen LogP contribution is 2.24. The second kappa shape index (κ2) is 6.76. The van der Waals surface area contributed by atoms with Gasteiger partial charge in [-0.05, 0) is 36.8 Å². The minimum Gasteiger partial charge on any atom is -0.378 e. The van der Waals surface area contributed by atoms with E-state index in [0.717, 1.165) is 28.3 Å². The van der Waals surface area contributed by atoms with E-state index in [1.807, 2.05) is 62.6 Å². The van der Waals surface area contributed by atoms with Gasteiger partial charge in [0.05, 0.1) is 17.1 Å². The summed E-state index contributed by atoms with van der Waals surface area (Å²) < 4.78 is 0. The SMILES string of the molecule is CC1=C(N=Cc2ccc(N(C)C)cc2)C(N)N(c2ccccc2)N1. The molecule has 1 aliphatic heterocycles. The Balaban J connectivity index is 1.76. The molecular weight excluding hydrogens is 298 g/mol. The summed E-state index contributed by atoms with van der Waals surface area (Å²) >= 11 is 0. The van der Waals surface area contributed by atoms with E-state index in [1.54, 1.807) is 0 Å². The standard InChI is InChI=1S/C19H23N5/c1-14-18(19(20)24(22-14)17-7-5-4-6-8-17)21-13-15-9-11-16(12-10-15)23(2)3/h4-13,19,22H,20H2,1-3H3. The Morgan fingerprint density at radius 2 is 1.75 bits per heavy atom. The van der Waals surface area contributed by atoms with Gasteiger partial charge < -0.3 is 10.6 Å². The number of nitrogens with one attached hydrogen (secondary N) is 1. The minimum atomic E-state index is -0.315. The van der Waals surface area contributed by atoms with Gasteiger partial charge in [-0.25, -0.2) is 0 Å². The van der Waals surface area contributed by atoms with Gasteiger partial charge in [-0.2, -0.15) is 0 Å². The van der Waals surface area contributed by atoms with Gasteiger partial charge in [-0.1, -0.05) is 30.3 Å². The molecule has 1 unspecified atom stereocenters. The van der Waals surface area contributed by atoms with Gasteiger partial charge in [0.25, 0.3) is 0 Å². The van der Waals surface area contributed by atoms with E-state index >= 15 is 0 Å². The number of anilines is 2. The van der Waals surface area contributed by atoms with Gasteiger partial charge in [0.15, 0.2) is 0 Å². The van der Waals surface area contributed by atoms with Crippen molar-refractivity contribution >= 4 is 17.6 Å². The Morgan fingerprint density at radius 3 is 2.38 bits per heavy atom. The molecule has 24 heavy (non-hydrogen) atoms. The number of benzene rings is 2. The molecule has 0 fully saturated rings. The van der Waals surface area contributed by atoms with Crippen LogP contribution in [0.3, 0.4) is 0 Å². The van der Waals surface area contributed by atoms with E-state index in [0.29, 0.717) is 0 Å². The fourth-order valence-electron chi connectivity index (χ4n) is 2.64. The van der Waals surface area contributed by atoms with E-state index in [2.05, 4.69) is 39.6 Å². The second-order valence-corrected chi connectivity index (χ2v) is 6.02. The van der Waals surface area contributed by atoms with Gasteiger partial charge >= 0.3 is 0 Å². The molecule has 1 heterocycles. The van der Waals surface area contributed by atoms with Crippen molar-refractivity contribution < 1.29 is 0 Å². The van der Waals surface area contributed by atoms with Crippen LogP contribution in [-0.4, -0.2) is 26.5 Å². The Hall–Kier alpha value is -2.79. The molecule has 0 aromatic heterocycles. The highest BCUT2D eigenvalue weighted by molar-refractivity contribution is 5.81. The topological polar surface area (TPSA) is 56.9 Å². The summed E-state index contributed by atoms with van der Waals surface area (Å²) in [6.45, 7) is 1.99. The predicted octanol–water partition coefficient (Wildman–Crippen LogP) is 2.71. The lowest BCUT2D eigenvalue weighted by Crippen LogP contribution is -2.44. The van der Waals surface area contributed by atoms with E-state index in [4.69, 9.17) is 5.73 Å². The van der Waals surface area contributed by atoms with Crippen molar-refractivity contribution in [2.45, 2.75) is 13.1 Å². The van der Waals surface area contributed by atoms with Gasteiger partial charge in [0, 0.05) is 26.0 Å². The molecule has 2 aromatic carbocycles. The molecule has 5 heteroatoms. The number of allylic oxidation sites excluding steroid dienone is 1. The molecule has 0 spiro atoms. The normalized spacial score (nSPS) is 17.5. The van der Waals surface area contributed by atoms with Crippen LogP contribution in [0.4, 0.5) is 11.4 Å². The predicted molar refractivity (Wildman–Crippen MR) is 101 cm³/mol. The number of para-hydroxylation sites is 1. The minimum absolute atomic E-state index is 0.315. The van der Waals surface area contributed by atoms with Crippen molar-refractivity contribution in [3.05, 3.63) is 71.6 Å². The average molecular weight is 321 g/mol. The van der Waals surface area contributed by atoms with Crippen LogP contribution in [0.1, 0.15) is 12.5 Å². The van der Waals surface area contributed by atoms with E-state index in [1.165, 1.54) is 0 Å².